The van der Waals surface area contributed by atoms with Gasteiger partial charge in [0.1, 0.15) is 11.4 Å². The van der Waals surface area contributed by atoms with E-state index < -0.39 is 5.60 Å². The highest BCUT2D eigenvalue weighted by molar-refractivity contribution is 5.98. The minimum absolute atomic E-state index is 0.0658. The van der Waals surface area contributed by atoms with Gasteiger partial charge >= 0.3 is 0 Å². The van der Waals surface area contributed by atoms with E-state index >= 15 is 0 Å². The van der Waals surface area contributed by atoms with Crippen LogP contribution in [0.3, 0.4) is 0 Å². The minimum atomic E-state index is -0.402. The summed E-state index contributed by atoms with van der Waals surface area (Å²) in [6.07, 6.45) is 5.55. The number of anilines is 2. The van der Waals surface area contributed by atoms with Gasteiger partial charge in [-0.05, 0) is 98.3 Å². The summed E-state index contributed by atoms with van der Waals surface area (Å²) in [5.74, 6) is 0.963. The number of benzene rings is 6. The van der Waals surface area contributed by atoms with Gasteiger partial charge in [-0.3, -0.25) is 0 Å². The molecule has 2 nitrogen and oxygen atoms in total. The third-order valence-electron chi connectivity index (χ3n) is 13.2. The molecule has 3 aliphatic carbocycles. The molecular formula is C53H49NO. The lowest BCUT2D eigenvalue weighted by atomic mass is 9.79. The Kier molecular flexibility index (Phi) is 7.07. The Balaban J connectivity index is 1.20. The minimum Gasteiger partial charge on any atom is -0.482 e. The number of hydrogen-bond acceptors (Lipinski definition) is 2. The van der Waals surface area contributed by atoms with Gasteiger partial charge in [0.25, 0.3) is 0 Å². The first-order valence-electron chi connectivity index (χ1n) is 19.9. The maximum Gasteiger partial charge on any atom is 0.135 e. The molecule has 0 amide bonds. The molecule has 0 N–H and O–H groups in total. The van der Waals surface area contributed by atoms with Crippen molar-refractivity contribution in [1.29, 1.82) is 0 Å². The molecule has 0 bridgehead atoms. The molecule has 0 saturated carbocycles. The summed E-state index contributed by atoms with van der Waals surface area (Å²) in [4.78, 5) is 2.51. The fourth-order valence-corrected chi connectivity index (χ4v) is 10.1. The van der Waals surface area contributed by atoms with Crippen molar-refractivity contribution >= 4 is 16.9 Å². The van der Waals surface area contributed by atoms with Crippen molar-refractivity contribution in [3.63, 3.8) is 0 Å². The first-order chi connectivity index (χ1) is 26.3. The van der Waals surface area contributed by atoms with E-state index in [1.807, 2.05) is 0 Å². The molecule has 1 aliphatic heterocycles. The zero-order valence-corrected chi connectivity index (χ0v) is 33.3. The molecule has 4 aliphatic rings. The fraction of sp³-hybridized carbons (Fsp3) is 0.245. The van der Waals surface area contributed by atoms with E-state index in [9.17, 15) is 0 Å². The maximum absolute atomic E-state index is 6.65. The van der Waals surface area contributed by atoms with Gasteiger partial charge in [0.15, 0.2) is 0 Å². The van der Waals surface area contributed by atoms with Crippen LogP contribution in [0.5, 0.6) is 5.75 Å². The Hall–Kier alpha value is -5.60. The van der Waals surface area contributed by atoms with E-state index in [0.29, 0.717) is 0 Å². The van der Waals surface area contributed by atoms with Gasteiger partial charge in [0.2, 0.25) is 0 Å². The van der Waals surface area contributed by atoms with Crippen LogP contribution in [0.25, 0.3) is 39.0 Å². The van der Waals surface area contributed by atoms with Crippen LogP contribution < -0.4 is 9.64 Å². The lowest BCUT2D eigenvalue weighted by Gasteiger charge is -2.35. The Morgan fingerprint density at radius 3 is 2.00 bits per heavy atom. The number of rotatable bonds is 4. The molecule has 1 atom stereocenters. The van der Waals surface area contributed by atoms with Crippen LogP contribution in [0.4, 0.5) is 11.4 Å². The molecular weight excluding hydrogens is 667 g/mol. The largest absolute Gasteiger partial charge is 0.482 e. The van der Waals surface area contributed by atoms with E-state index in [-0.39, 0.29) is 16.2 Å². The normalized spacial score (nSPS) is 19.2. The summed E-state index contributed by atoms with van der Waals surface area (Å²) < 4.78 is 6.65. The van der Waals surface area contributed by atoms with E-state index in [1.54, 1.807) is 0 Å². The molecule has 10 rings (SSSR count). The standard InChI is InChI=1S/C53H49NO/c1-50(2,3)33-24-26-40-45(30-33)52(6,7)44-21-15-19-38(49(40)44)37-17-10-13-22-47(37)54(35-28-29-53(8)46(32-35)39-18-11-14-23-48(39)55-53)34-25-27-43-41(31-34)36-16-9-12-20-42(36)51(43,4)5/h9-28,30-32H,29H2,1-8H3. The summed E-state index contributed by atoms with van der Waals surface area (Å²) in [7, 11) is 0. The molecule has 0 radical (unpaired) electrons. The predicted octanol–water partition coefficient (Wildman–Crippen LogP) is 13.9. The molecule has 0 saturated heterocycles. The summed E-state index contributed by atoms with van der Waals surface area (Å²) in [5, 5.41) is 0. The van der Waals surface area contributed by atoms with Crippen molar-refractivity contribution in [1.82, 2.24) is 0 Å². The average molecular weight is 716 g/mol. The quantitative estimate of drug-likeness (QED) is 0.180. The molecule has 6 aromatic rings. The second kappa shape index (κ2) is 11.5. The summed E-state index contributed by atoms with van der Waals surface area (Å²) in [6, 6.07) is 47.8. The molecule has 0 spiro atoms. The number of ether oxygens (including phenoxy) is 1. The van der Waals surface area contributed by atoms with Crippen LogP contribution in [-0.2, 0) is 16.2 Å². The van der Waals surface area contributed by atoms with Gasteiger partial charge < -0.3 is 9.64 Å². The smallest absolute Gasteiger partial charge is 0.135 e. The van der Waals surface area contributed by atoms with Crippen molar-refractivity contribution < 1.29 is 4.74 Å². The first kappa shape index (κ1) is 33.9. The highest BCUT2D eigenvalue weighted by atomic mass is 16.5. The lowest BCUT2D eigenvalue weighted by Crippen LogP contribution is -2.32. The SMILES string of the molecule is CC12CC=C(N(c3ccc4c(c3)-c3ccccc3C4(C)C)c3ccccc3-c3cccc4c3-c3ccc(C(C)(C)C)cc3C4(C)C)C=C1c1ccccc1O2. The van der Waals surface area contributed by atoms with Gasteiger partial charge in [0.05, 0.1) is 5.69 Å². The number of hydrogen-bond donors (Lipinski definition) is 0. The number of allylic oxidation sites excluding steroid dienone is 1. The Morgan fingerprint density at radius 1 is 0.545 bits per heavy atom. The van der Waals surface area contributed by atoms with Gasteiger partial charge in [-0.15, -0.1) is 0 Å². The topological polar surface area (TPSA) is 12.5 Å². The predicted molar refractivity (Wildman–Crippen MR) is 230 cm³/mol. The van der Waals surface area contributed by atoms with E-state index in [0.717, 1.165) is 29.2 Å². The third-order valence-corrected chi connectivity index (χ3v) is 13.2. The van der Waals surface area contributed by atoms with Gasteiger partial charge in [-0.1, -0.05) is 158 Å². The van der Waals surface area contributed by atoms with Crippen molar-refractivity contribution in [2.75, 3.05) is 4.90 Å². The van der Waals surface area contributed by atoms with Crippen LogP contribution in [0.15, 0.2) is 145 Å². The average Bonchev–Trinajstić information content (AvgIpc) is 3.70. The molecule has 272 valence electrons. The second-order valence-electron chi connectivity index (χ2n) is 18.3. The van der Waals surface area contributed by atoms with Crippen LogP contribution >= 0.6 is 0 Å². The highest BCUT2D eigenvalue weighted by Crippen LogP contribution is 2.56. The van der Waals surface area contributed by atoms with Crippen LogP contribution in [-0.4, -0.2) is 5.60 Å². The van der Waals surface area contributed by atoms with Crippen LogP contribution in [0.1, 0.15) is 95.2 Å². The Labute approximate surface area is 326 Å². The molecule has 2 heteroatoms. The molecule has 0 fully saturated rings. The number of fused-ring (bicyclic) bond motifs is 9. The molecule has 6 aromatic carbocycles. The monoisotopic (exact) mass is 715 g/mol. The van der Waals surface area contributed by atoms with Crippen molar-refractivity contribution in [3.8, 4) is 39.1 Å². The maximum atomic E-state index is 6.65. The van der Waals surface area contributed by atoms with E-state index in [2.05, 4.69) is 200 Å². The van der Waals surface area contributed by atoms with Crippen LogP contribution in [0, 0.1) is 0 Å². The summed E-state index contributed by atoms with van der Waals surface area (Å²) in [6.45, 7) is 18.7. The Bertz CT molecular complexity index is 2660. The van der Waals surface area contributed by atoms with Gasteiger partial charge in [0, 0.05) is 45.3 Å². The fourth-order valence-electron chi connectivity index (χ4n) is 10.1. The van der Waals surface area contributed by atoms with Gasteiger partial charge in [-0.2, -0.15) is 0 Å². The molecule has 1 heterocycles. The third kappa shape index (κ3) is 4.86. The summed E-state index contributed by atoms with van der Waals surface area (Å²) in [5.41, 5.74) is 20.2. The van der Waals surface area contributed by atoms with E-state index in [4.69, 9.17) is 4.74 Å². The number of para-hydroxylation sites is 2. The molecule has 1 unspecified atom stereocenters. The van der Waals surface area contributed by atoms with Crippen molar-refractivity contribution in [2.45, 2.75) is 83.7 Å². The van der Waals surface area contributed by atoms with Crippen molar-refractivity contribution in [2.24, 2.45) is 0 Å². The lowest BCUT2D eigenvalue weighted by molar-refractivity contribution is 0.169. The van der Waals surface area contributed by atoms with Crippen LogP contribution in [0.2, 0.25) is 0 Å². The zero-order chi connectivity index (χ0) is 38.1. The second-order valence-corrected chi connectivity index (χ2v) is 18.3. The van der Waals surface area contributed by atoms with Gasteiger partial charge in [-0.25, -0.2) is 0 Å². The zero-order valence-electron chi connectivity index (χ0n) is 33.3. The summed E-state index contributed by atoms with van der Waals surface area (Å²) >= 11 is 0. The van der Waals surface area contributed by atoms with Crippen molar-refractivity contribution in [3.05, 3.63) is 179 Å². The van der Waals surface area contributed by atoms with E-state index in [1.165, 1.54) is 72.3 Å². The highest BCUT2D eigenvalue weighted by Gasteiger charge is 2.43. The molecule has 0 aromatic heterocycles. The Morgan fingerprint density at radius 2 is 1.20 bits per heavy atom. The molecule has 55 heavy (non-hydrogen) atoms. The first-order valence-corrected chi connectivity index (χ1v) is 19.9. The number of nitrogens with zero attached hydrogens (tertiary/aromatic N) is 1.